The number of nitrogens with zero attached hydrogens (tertiary/aromatic N) is 4. The first kappa shape index (κ1) is 21.6. The molecule has 3 aromatic heterocycles. The fourth-order valence-corrected chi connectivity index (χ4v) is 5.34. The topological polar surface area (TPSA) is 53.4 Å². The average molecular weight is 464 g/mol. The Morgan fingerprint density at radius 3 is 2.55 bits per heavy atom. The first-order chi connectivity index (χ1) is 16.2. The molecule has 8 heteroatoms. The number of aromatic nitrogens is 2. The summed E-state index contributed by atoms with van der Waals surface area (Å²) in [5.74, 6) is -0.255. The van der Waals surface area contributed by atoms with Crippen LogP contribution in [0, 0.1) is 5.82 Å². The summed E-state index contributed by atoms with van der Waals surface area (Å²) in [6.07, 6.45) is 6.56. The summed E-state index contributed by atoms with van der Waals surface area (Å²) in [7, 11) is 0. The number of carbonyl (C=O) groups is 1. The number of hydrogen-bond acceptors (Lipinski definition) is 5. The van der Waals surface area contributed by atoms with E-state index in [4.69, 9.17) is 0 Å². The molecular weight excluding hydrogens is 437 g/mol. The van der Waals surface area contributed by atoms with Crippen LogP contribution >= 0.6 is 11.3 Å². The summed E-state index contributed by atoms with van der Waals surface area (Å²) in [5, 5.41) is 4.09. The third kappa shape index (κ3) is 4.77. The van der Waals surface area contributed by atoms with Crippen molar-refractivity contribution in [3.63, 3.8) is 0 Å². The van der Waals surface area contributed by atoms with Crippen LogP contribution < -0.4 is 10.2 Å². The van der Waals surface area contributed by atoms with Crippen LogP contribution in [0.1, 0.15) is 16.1 Å². The zero-order valence-corrected chi connectivity index (χ0v) is 19.1. The molecule has 33 heavy (non-hydrogen) atoms. The highest BCUT2D eigenvalue weighted by Gasteiger charge is 2.20. The molecule has 1 amide bonds. The van der Waals surface area contributed by atoms with Crippen LogP contribution in [-0.4, -0.2) is 59.6 Å². The van der Waals surface area contributed by atoms with Gasteiger partial charge in [0.25, 0.3) is 5.91 Å². The van der Waals surface area contributed by atoms with Gasteiger partial charge in [0, 0.05) is 62.4 Å². The van der Waals surface area contributed by atoms with E-state index < -0.39 is 0 Å². The van der Waals surface area contributed by atoms with Gasteiger partial charge in [-0.1, -0.05) is 0 Å². The summed E-state index contributed by atoms with van der Waals surface area (Å²) in [5.41, 5.74) is 1.96. The number of nitrogens with one attached hydrogen (secondary N) is 1. The first-order valence-electron chi connectivity index (χ1n) is 11.2. The zero-order valence-electron chi connectivity index (χ0n) is 18.3. The van der Waals surface area contributed by atoms with Gasteiger partial charge in [-0.25, -0.2) is 9.37 Å². The molecule has 170 valence electrons. The van der Waals surface area contributed by atoms with Crippen molar-refractivity contribution in [2.45, 2.75) is 6.42 Å². The fraction of sp³-hybridized carbons (Fsp3) is 0.280. The number of rotatable bonds is 7. The van der Waals surface area contributed by atoms with Crippen LogP contribution in [-0.2, 0) is 0 Å². The van der Waals surface area contributed by atoms with Gasteiger partial charge in [0.2, 0.25) is 0 Å². The smallest absolute Gasteiger partial charge is 0.263 e. The number of hydrogen-bond donors (Lipinski definition) is 1. The van der Waals surface area contributed by atoms with Crippen molar-refractivity contribution in [1.82, 2.24) is 19.8 Å². The Morgan fingerprint density at radius 1 is 1.03 bits per heavy atom. The lowest BCUT2D eigenvalue weighted by Gasteiger charge is -2.36. The number of fused-ring (bicyclic) bond motifs is 1. The molecule has 1 aliphatic rings. The summed E-state index contributed by atoms with van der Waals surface area (Å²) >= 11 is 1.43. The van der Waals surface area contributed by atoms with E-state index in [1.54, 1.807) is 6.20 Å². The summed E-state index contributed by atoms with van der Waals surface area (Å²) < 4.78 is 15.1. The largest absolute Gasteiger partial charge is 0.369 e. The third-order valence-corrected chi connectivity index (χ3v) is 7.11. The number of carbonyl (C=O) groups excluding carboxylic acids is 1. The molecule has 4 aromatic rings. The van der Waals surface area contributed by atoms with Crippen molar-refractivity contribution in [3.8, 4) is 5.69 Å². The highest BCUT2D eigenvalue weighted by atomic mass is 32.1. The molecule has 4 heterocycles. The molecule has 0 radical (unpaired) electrons. The monoisotopic (exact) mass is 463 g/mol. The molecule has 1 saturated heterocycles. The Labute approximate surface area is 196 Å². The lowest BCUT2D eigenvalue weighted by molar-refractivity contribution is 0.0955. The Morgan fingerprint density at radius 2 is 1.79 bits per heavy atom. The molecule has 0 aliphatic carbocycles. The average Bonchev–Trinajstić information content (AvgIpc) is 3.50. The third-order valence-electron chi connectivity index (χ3n) is 6.01. The van der Waals surface area contributed by atoms with Crippen molar-refractivity contribution in [3.05, 3.63) is 77.8 Å². The molecule has 1 aromatic carbocycles. The highest BCUT2D eigenvalue weighted by Crippen LogP contribution is 2.33. The molecule has 6 nitrogen and oxygen atoms in total. The van der Waals surface area contributed by atoms with Crippen molar-refractivity contribution >= 4 is 33.1 Å². The zero-order chi connectivity index (χ0) is 22.6. The van der Waals surface area contributed by atoms with E-state index in [0.29, 0.717) is 11.4 Å². The summed E-state index contributed by atoms with van der Waals surface area (Å²) in [6, 6.07) is 14.5. The predicted molar refractivity (Wildman–Crippen MR) is 131 cm³/mol. The minimum Gasteiger partial charge on any atom is -0.369 e. The quantitative estimate of drug-likeness (QED) is 0.418. The molecule has 1 N–H and O–H groups in total. The molecule has 0 unspecified atom stereocenters. The van der Waals surface area contributed by atoms with E-state index in [1.165, 1.54) is 23.5 Å². The van der Waals surface area contributed by atoms with E-state index in [-0.39, 0.29) is 11.7 Å². The lowest BCUT2D eigenvalue weighted by atomic mass is 10.2. The van der Waals surface area contributed by atoms with Gasteiger partial charge in [-0.05, 0) is 61.5 Å². The molecular formula is C25H26FN5OS. The van der Waals surface area contributed by atoms with Crippen LogP contribution in [0.5, 0.6) is 0 Å². The van der Waals surface area contributed by atoms with Crippen molar-refractivity contribution < 1.29 is 9.18 Å². The van der Waals surface area contributed by atoms with E-state index in [9.17, 15) is 9.18 Å². The van der Waals surface area contributed by atoms with Crippen LogP contribution in [0.4, 0.5) is 10.1 Å². The number of anilines is 1. The Kier molecular flexibility index (Phi) is 6.37. The minimum atomic E-state index is -0.202. The Hall–Kier alpha value is -3.23. The number of pyridine rings is 1. The highest BCUT2D eigenvalue weighted by molar-refractivity contribution is 7.21. The standard InChI is InChI=1S/C25H26FN5OS/c26-19-6-8-20(9-7-19)30-17-15-29(16-18-30)12-4-11-27-24(32)23-22(31-13-1-2-14-31)21-5-3-10-28-25(21)33-23/h1-3,5-10,13-14H,4,11-12,15-18H2,(H,27,32). The second kappa shape index (κ2) is 9.72. The molecule has 0 spiro atoms. The molecule has 0 atom stereocenters. The van der Waals surface area contributed by atoms with Crippen LogP contribution in [0.2, 0.25) is 0 Å². The van der Waals surface area contributed by atoms with Crippen LogP contribution in [0.25, 0.3) is 15.9 Å². The van der Waals surface area contributed by atoms with Gasteiger partial charge in [-0.15, -0.1) is 11.3 Å². The molecule has 1 fully saturated rings. The number of benzene rings is 1. The van der Waals surface area contributed by atoms with Gasteiger partial charge in [0.1, 0.15) is 15.5 Å². The second-order valence-corrected chi connectivity index (χ2v) is 9.14. The van der Waals surface area contributed by atoms with Crippen LogP contribution in [0.3, 0.4) is 0 Å². The van der Waals surface area contributed by atoms with Gasteiger partial charge < -0.3 is 14.8 Å². The molecule has 0 bridgehead atoms. The lowest BCUT2D eigenvalue weighted by Crippen LogP contribution is -2.47. The molecule has 0 saturated carbocycles. The van der Waals surface area contributed by atoms with Crippen LogP contribution in [0.15, 0.2) is 67.1 Å². The molecule has 1 aliphatic heterocycles. The Bertz CT molecular complexity index is 1210. The summed E-state index contributed by atoms with van der Waals surface area (Å²) in [4.78, 5) is 23.7. The van der Waals surface area contributed by atoms with Gasteiger partial charge in [0.05, 0.1) is 5.69 Å². The van der Waals surface area contributed by atoms with E-state index in [1.807, 2.05) is 53.4 Å². The normalized spacial score (nSPS) is 14.6. The van der Waals surface area contributed by atoms with E-state index in [0.717, 1.165) is 60.7 Å². The number of thiophene rings is 1. The maximum absolute atomic E-state index is 13.1. The molecule has 5 rings (SSSR count). The van der Waals surface area contributed by atoms with Gasteiger partial charge in [0.15, 0.2) is 0 Å². The van der Waals surface area contributed by atoms with E-state index in [2.05, 4.69) is 20.1 Å². The van der Waals surface area contributed by atoms with Crippen molar-refractivity contribution in [2.75, 3.05) is 44.2 Å². The van der Waals surface area contributed by atoms with Gasteiger partial charge in [-0.3, -0.25) is 9.69 Å². The fourth-order valence-electron chi connectivity index (χ4n) is 4.28. The van der Waals surface area contributed by atoms with Gasteiger partial charge in [-0.2, -0.15) is 0 Å². The SMILES string of the molecule is O=C(NCCCN1CCN(c2ccc(F)cc2)CC1)c1sc2ncccc2c1-n1cccc1. The van der Waals surface area contributed by atoms with Crippen molar-refractivity contribution in [1.29, 1.82) is 0 Å². The summed E-state index contributed by atoms with van der Waals surface area (Å²) in [6.45, 7) is 5.34. The Balaban J connectivity index is 1.14. The first-order valence-corrected chi connectivity index (χ1v) is 12.0. The number of amides is 1. The number of halogens is 1. The minimum absolute atomic E-state index is 0.0529. The maximum atomic E-state index is 13.1. The van der Waals surface area contributed by atoms with Crippen molar-refractivity contribution in [2.24, 2.45) is 0 Å². The van der Waals surface area contributed by atoms with Gasteiger partial charge >= 0.3 is 0 Å². The maximum Gasteiger partial charge on any atom is 0.263 e. The number of piperazine rings is 1. The van der Waals surface area contributed by atoms with E-state index >= 15 is 0 Å². The second-order valence-electron chi connectivity index (χ2n) is 8.14. The predicted octanol–water partition coefficient (Wildman–Crippen LogP) is 4.17.